The summed E-state index contributed by atoms with van der Waals surface area (Å²) in [5.74, 6) is 6.26. The summed E-state index contributed by atoms with van der Waals surface area (Å²) in [7, 11) is 0. The van der Waals surface area contributed by atoms with Crippen molar-refractivity contribution in [3.05, 3.63) is 60.1 Å². The van der Waals surface area contributed by atoms with Crippen LogP contribution in [0.1, 0.15) is 28.9 Å². The second kappa shape index (κ2) is 8.42. The van der Waals surface area contributed by atoms with Gasteiger partial charge in [-0.3, -0.25) is 9.80 Å². The number of pyridine rings is 1. The van der Waals surface area contributed by atoms with Gasteiger partial charge in [0.05, 0.1) is 5.56 Å². The van der Waals surface area contributed by atoms with Gasteiger partial charge in [-0.1, -0.05) is 12.1 Å². The highest BCUT2D eigenvalue weighted by atomic mass is 16.4. The number of hydrazine groups is 1. The Morgan fingerprint density at radius 1 is 1.30 bits per heavy atom. The number of likely N-dealkylation sites (tertiary alicyclic amines) is 1. The maximum Gasteiger partial charge on any atom is 0.295 e. The number of nitrogens with two attached hydrogens (primary N) is 2. The maximum atomic E-state index is 13.3. The number of carbonyl (C=O) groups is 1. The summed E-state index contributed by atoms with van der Waals surface area (Å²) in [6.45, 7) is 3.04. The number of carbonyl (C=O) groups excluding carboxylic acids is 1. The molecule has 1 aliphatic rings. The van der Waals surface area contributed by atoms with Gasteiger partial charge < -0.3 is 20.4 Å². The molecule has 5 N–H and O–H groups in total. The molecule has 0 spiro atoms. The average molecular weight is 407 g/mol. The number of amides is 1. The van der Waals surface area contributed by atoms with E-state index in [2.05, 4.69) is 15.3 Å². The zero-order valence-corrected chi connectivity index (χ0v) is 16.8. The predicted octanol–water partition coefficient (Wildman–Crippen LogP) is 2.36. The van der Waals surface area contributed by atoms with E-state index in [-0.39, 0.29) is 11.9 Å². The summed E-state index contributed by atoms with van der Waals surface area (Å²) in [5, 5.41) is 4.59. The SMILES string of the molecule is Cc1ccc(C(=O)N2CCCC(Nc3nc4ccccc4o3)C2)c(N(N)/C=C\N)n1. The third-order valence-corrected chi connectivity index (χ3v) is 5.07. The van der Waals surface area contributed by atoms with Crippen LogP contribution < -0.4 is 21.9 Å². The molecule has 9 heteroatoms. The smallest absolute Gasteiger partial charge is 0.295 e. The minimum Gasteiger partial charge on any atom is -0.424 e. The zero-order valence-electron chi connectivity index (χ0n) is 16.8. The summed E-state index contributed by atoms with van der Waals surface area (Å²) in [5.41, 5.74) is 8.17. The van der Waals surface area contributed by atoms with Crippen molar-refractivity contribution in [1.82, 2.24) is 14.9 Å². The van der Waals surface area contributed by atoms with E-state index < -0.39 is 0 Å². The molecule has 0 aliphatic carbocycles. The standard InChI is InChI=1S/C21H25N7O2/c1-14-8-9-16(19(24-14)28(23)12-10-22)20(29)27-11-4-5-15(13-27)25-21-26-17-6-2-3-7-18(17)30-21/h2-3,6-10,12,15H,4-5,11,13,22-23H2,1H3,(H,25,26)/b12-10-. The van der Waals surface area contributed by atoms with Crippen LogP contribution in [0.3, 0.4) is 0 Å². The van der Waals surface area contributed by atoms with E-state index in [0.29, 0.717) is 30.5 Å². The monoisotopic (exact) mass is 407 g/mol. The molecule has 1 aliphatic heterocycles. The third kappa shape index (κ3) is 4.06. The fraction of sp³-hybridized carbons (Fsp3) is 0.286. The molecule has 1 amide bonds. The predicted molar refractivity (Wildman–Crippen MR) is 116 cm³/mol. The Morgan fingerprint density at radius 3 is 2.93 bits per heavy atom. The largest absolute Gasteiger partial charge is 0.424 e. The number of benzene rings is 1. The lowest BCUT2D eigenvalue weighted by Gasteiger charge is -2.33. The summed E-state index contributed by atoms with van der Waals surface area (Å²) in [6, 6.07) is 11.7. The van der Waals surface area contributed by atoms with Crippen molar-refractivity contribution in [3.63, 3.8) is 0 Å². The number of fused-ring (bicyclic) bond motifs is 1. The Hall–Kier alpha value is -3.59. The number of aromatic nitrogens is 2. The number of aryl methyl sites for hydroxylation is 1. The van der Waals surface area contributed by atoms with Crippen molar-refractivity contribution in [1.29, 1.82) is 0 Å². The average Bonchev–Trinajstić information content (AvgIpc) is 3.16. The molecule has 0 saturated carbocycles. The van der Waals surface area contributed by atoms with Crippen LogP contribution in [0.25, 0.3) is 11.1 Å². The topological polar surface area (TPSA) is 127 Å². The Kier molecular flexibility index (Phi) is 5.53. The van der Waals surface area contributed by atoms with Gasteiger partial charge >= 0.3 is 0 Å². The first kappa shape index (κ1) is 19.7. The number of hydrogen-bond acceptors (Lipinski definition) is 8. The highest BCUT2D eigenvalue weighted by Gasteiger charge is 2.28. The molecule has 1 fully saturated rings. The zero-order chi connectivity index (χ0) is 21.1. The van der Waals surface area contributed by atoms with Crippen molar-refractivity contribution >= 4 is 28.8 Å². The first-order valence-corrected chi connectivity index (χ1v) is 9.86. The van der Waals surface area contributed by atoms with E-state index >= 15 is 0 Å². The van der Waals surface area contributed by atoms with Gasteiger partial charge in [-0.15, -0.1) is 0 Å². The van der Waals surface area contributed by atoms with Crippen LogP contribution in [-0.2, 0) is 0 Å². The van der Waals surface area contributed by atoms with Crippen LogP contribution in [-0.4, -0.2) is 39.9 Å². The molecule has 156 valence electrons. The second-order valence-corrected chi connectivity index (χ2v) is 7.29. The first-order valence-electron chi connectivity index (χ1n) is 9.86. The molecule has 1 unspecified atom stereocenters. The molecule has 1 saturated heterocycles. The van der Waals surface area contributed by atoms with Crippen molar-refractivity contribution in [2.24, 2.45) is 11.6 Å². The molecule has 9 nitrogen and oxygen atoms in total. The summed E-state index contributed by atoms with van der Waals surface area (Å²) < 4.78 is 5.76. The minimum absolute atomic E-state index is 0.0375. The van der Waals surface area contributed by atoms with E-state index in [1.807, 2.05) is 31.2 Å². The molecule has 0 radical (unpaired) electrons. The van der Waals surface area contributed by atoms with Crippen molar-refractivity contribution in [2.45, 2.75) is 25.8 Å². The lowest BCUT2D eigenvalue weighted by molar-refractivity contribution is 0.0714. The van der Waals surface area contributed by atoms with Crippen molar-refractivity contribution < 1.29 is 9.21 Å². The minimum atomic E-state index is -0.123. The highest BCUT2D eigenvalue weighted by Crippen LogP contribution is 2.24. The highest BCUT2D eigenvalue weighted by molar-refractivity contribution is 5.99. The van der Waals surface area contributed by atoms with Crippen LogP contribution >= 0.6 is 0 Å². The van der Waals surface area contributed by atoms with Crippen LogP contribution in [0.2, 0.25) is 0 Å². The molecule has 3 heterocycles. The van der Waals surface area contributed by atoms with E-state index in [1.54, 1.807) is 17.0 Å². The van der Waals surface area contributed by atoms with Gasteiger partial charge in [0.1, 0.15) is 5.52 Å². The number of rotatable bonds is 5. The number of hydrogen-bond donors (Lipinski definition) is 3. The van der Waals surface area contributed by atoms with E-state index in [4.69, 9.17) is 16.0 Å². The van der Waals surface area contributed by atoms with E-state index in [1.165, 1.54) is 17.4 Å². The number of piperidine rings is 1. The molecule has 4 rings (SSSR count). The molecule has 2 aromatic heterocycles. The van der Waals surface area contributed by atoms with E-state index in [0.717, 1.165) is 29.6 Å². The lowest BCUT2D eigenvalue weighted by atomic mass is 10.0. The fourth-order valence-corrected chi connectivity index (χ4v) is 3.63. The van der Waals surface area contributed by atoms with Gasteiger partial charge in [-0.05, 0) is 44.0 Å². The number of para-hydroxylation sites is 2. The molecule has 30 heavy (non-hydrogen) atoms. The van der Waals surface area contributed by atoms with Gasteiger partial charge in [0.15, 0.2) is 11.4 Å². The van der Waals surface area contributed by atoms with Crippen LogP contribution in [0, 0.1) is 6.92 Å². The third-order valence-electron chi connectivity index (χ3n) is 5.07. The van der Waals surface area contributed by atoms with Crippen molar-refractivity contribution in [3.8, 4) is 0 Å². The maximum absolute atomic E-state index is 13.3. The molecule has 3 aromatic rings. The lowest BCUT2D eigenvalue weighted by Crippen LogP contribution is -2.45. The Balaban J connectivity index is 1.51. The number of nitrogens with one attached hydrogen (secondary N) is 1. The molecule has 0 bridgehead atoms. The van der Waals surface area contributed by atoms with Gasteiger partial charge in [0.2, 0.25) is 0 Å². The summed E-state index contributed by atoms with van der Waals surface area (Å²) in [4.78, 5) is 24.0. The fourth-order valence-electron chi connectivity index (χ4n) is 3.63. The van der Waals surface area contributed by atoms with Gasteiger partial charge in [-0.25, -0.2) is 10.8 Å². The number of nitrogens with zero attached hydrogens (tertiary/aromatic N) is 4. The summed E-state index contributed by atoms with van der Waals surface area (Å²) in [6.07, 6.45) is 4.56. The number of oxazole rings is 1. The quantitative estimate of drug-likeness (QED) is 0.435. The molecule has 1 atom stereocenters. The summed E-state index contributed by atoms with van der Waals surface area (Å²) >= 11 is 0. The molecular formula is C21H25N7O2. The van der Waals surface area contributed by atoms with Crippen LogP contribution in [0.4, 0.5) is 11.8 Å². The Morgan fingerprint density at radius 2 is 2.13 bits per heavy atom. The molecular weight excluding hydrogens is 382 g/mol. The Labute approximate surface area is 174 Å². The van der Waals surface area contributed by atoms with Gasteiger partial charge in [0.25, 0.3) is 11.9 Å². The van der Waals surface area contributed by atoms with Crippen LogP contribution in [0.5, 0.6) is 0 Å². The van der Waals surface area contributed by atoms with Crippen LogP contribution in [0.15, 0.2) is 53.2 Å². The Bertz CT molecular complexity index is 1050. The van der Waals surface area contributed by atoms with E-state index in [9.17, 15) is 4.79 Å². The van der Waals surface area contributed by atoms with Crippen molar-refractivity contribution in [2.75, 3.05) is 23.4 Å². The molecule has 1 aromatic carbocycles. The normalized spacial score (nSPS) is 16.9. The second-order valence-electron chi connectivity index (χ2n) is 7.29. The van der Waals surface area contributed by atoms with Gasteiger partial charge in [0, 0.05) is 37.2 Å². The number of anilines is 2. The first-order chi connectivity index (χ1) is 14.5. The van der Waals surface area contributed by atoms with Gasteiger partial charge in [-0.2, -0.15) is 4.98 Å².